The Bertz CT molecular complexity index is 372. The Morgan fingerprint density at radius 2 is 1.83 bits per heavy atom. The molecule has 0 aliphatic heterocycles. The molecule has 65 valence electrons. The number of hydrogen-bond donors (Lipinski definition) is 1. The van der Waals surface area contributed by atoms with Gasteiger partial charge in [0.15, 0.2) is 0 Å². The van der Waals surface area contributed by atoms with E-state index in [1.165, 1.54) is 18.2 Å². The van der Waals surface area contributed by atoms with Crippen LogP contribution >= 0.6 is 0 Å². The molecule has 5 heteroatoms. The van der Waals surface area contributed by atoms with Crippen molar-refractivity contribution < 1.29 is 13.0 Å². The van der Waals surface area contributed by atoms with Crippen LogP contribution in [-0.4, -0.2) is 8.42 Å². The summed E-state index contributed by atoms with van der Waals surface area (Å²) in [6.45, 7) is 0.0532. The van der Waals surface area contributed by atoms with Gasteiger partial charge < -0.3 is 5.73 Å². The highest BCUT2D eigenvalue weighted by atomic mass is 32.2. The van der Waals surface area contributed by atoms with Crippen molar-refractivity contribution in [1.82, 2.24) is 0 Å². The topological polar surface area (TPSA) is 80.1 Å². The number of nitrogens with two attached hydrogens (primary N) is 1. The summed E-state index contributed by atoms with van der Waals surface area (Å²) >= 11 is 0. The van der Waals surface area contributed by atoms with Crippen molar-refractivity contribution in [2.75, 3.05) is 0 Å². The van der Waals surface area contributed by atoms with Crippen molar-refractivity contribution in [3.05, 3.63) is 29.8 Å². The maximum atomic E-state index is 10.6. The van der Waals surface area contributed by atoms with E-state index in [9.17, 15) is 13.0 Å². The van der Waals surface area contributed by atoms with Crippen molar-refractivity contribution in [2.45, 2.75) is 11.4 Å². The molecule has 0 saturated carbocycles. The highest BCUT2D eigenvalue weighted by Gasteiger charge is 2.14. The van der Waals surface area contributed by atoms with Gasteiger partial charge >= 0.3 is 10.1 Å². The van der Waals surface area contributed by atoms with Crippen LogP contribution in [0.4, 0.5) is 0 Å². The van der Waals surface area contributed by atoms with Crippen molar-refractivity contribution in [3.63, 3.8) is 0 Å². The normalized spacial score (nSPS) is 11.5. The van der Waals surface area contributed by atoms with Gasteiger partial charge in [-0.05, 0) is 11.6 Å². The second kappa shape index (κ2) is 3.22. The van der Waals surface area contributed by atoms with Gasteiger partial charge in [-0.15, -0.1) is 0 Å². The lowest BCUT2D eigenvalue weighted by Gasteiger charge is -2.01. The van der Waals surface area contributed by atoms with Crippen molar-refractivity contribution >= 4 is 10.1 Å². The van der Waals surface area contributed by atoms with E-state index >= 15 is 0 Å². The minimum atomic E-state index is -4.38. The van der Waals surface area contributed by atoms with Gasteiger partial charge in [0.2, 0.25) is 0 Å². The molecule has 12 heavy (non-hydrogen) atoms. The molecule has 0 heterocycles. The Labute approximate surface area is 70.8 Å². The van der Waals surface area contributed by atoms with E-state index in [4.69, 9.17) is 5.73 Å². The molecule has 0 atom stereocenters. The highest BCUT2D eigenvalue weighted by molar-refractivity contribution is 7.85. The predicted molar refractivity (Wildman–Crippen MR) is 42.2 cm³/mol. The molecule has 1 aromatic rings. The molecule has 0 unspecified atom stereocenters. The molecule has 0 spiro atoms. The average Bonchev–Trinajstić information content (AvgIpc) is 2.03. The lowest BCUT2D eigenvalue weighted by atomic mass is 10.2. The van der Waals surface area contributed by atoms with Crippen LogP contribution in [0.1, 0.15) is 5.56 Å². The highest BCUT2D eigenvalue weighted by Crippen LogP contribution is 2.14. The third-order valence-corrected chi connectivity index (χ3v) is 2.40. The summed E-state index contributed by atoms with van der Waals surface area (Å²) < 4.78 is 31.8. The fourth-order valence-corrected chi connectivity index (χ4v) is 1.63. The van der Waals surface area contributed by atoms with Crippen LogP contribution in [0, 0.1) is 0 Å². The molecule has 4 nitrogen and oxygen atoms in total. The molecule has 0 aliphatic rings. The Morgan fingerprint density at radius 3 is 2.25 bits per heavy atom. The van der Waals surface area contributed by atoms with Gasteiger partial charge in [-0.1, -0.05) is 22.8 Å². The zero-order chi connectivity index (χ0) is 9.19. The zero-order valence-corrected chi connectivity index (χ0v) is 7.04. The summed E-state index contributed by atoms with van der Waals surface area (Å²) in [5.74, 6) is 0. The van der Waals surface area contributed by atoms with Gasteiger partial charge in [0, 0.05) is 6.54 Å². The van der Waals surface area contributed by atoms with Gasteiger partial charge in [0.1, 0.15) is 4.90 Å². The Morgan fingerprint density at radius 1 is 1.25 bits per heavy atom. The van der Waals surface area contributed by atoms with E-state index in [-0.39, 0.29) is 11.4 Å². The van der Waals surface area contributed by atoms with Crippen LogP contribution in [0.15, 0.2) is 29.2 Å². The summed E-state index contributed by atoms with van der Waals surface area (Å²) in [4.78, 5) is -0.229. The summed E-state index contributed by atoms with van der Waals surface area (Å²) in [5.41, 5.74) is 5.60. The molecule has 0 fully saturated rings. The van der Waals surface area contributed by atoms with Crippen LogP contribution in [0.5, 0.6) is 0 Å². The SMILES string of the molecule is NCc1ccccc1S([O])(=O)=O. The molecule has 0 amide bonds. The Balaban J connectivity index is 3.33. The molecule has 0 aliphatic carbocycles. The number of hydrogen-bond acceptors (Lipinski definition) is 3. The fraction of sp³-hybridized carbons (Fsp3) is 0.143. The number of rotatable bonds is 2. The first kappa shape index (κ1) is 9.18. The van der Waals surface area contributed by atoms with E-state index in [0.717, 1.165) is 0 Å². The summed E-state index contributed by atoms with van der Waals surface area (Å²) in [5, 5.41) is 0. The minimum absolute atomic E-state index is 0.0532. The van der Waals surface area contributed by atoms with Crippen molar-refractivity contribution in [2.24, 2.45) is 5.73 Å². The Hall–Kier alpha value is -0.910. The number of benzene rings is 1. The van der Waals surface area contributed by atoms with Crippen molar-refractivity contribution in [1.29, 1.82) is 0 Å². The molecule has 0 bridgehead atoms. The van der Waals surface area contributed by atoms with Crippen LogP contribution < -0.4 is 5.73 Å². The fourth-order valence-electron chi connectivity index (χ4n) is 0.916. The lowest BCUT2D eigenvalue weighted by Crippen LogP contribution is -2.05. The van der Waals surface area contributed by atoms with Crippen molar-refractivity contribution in [3.8, 4) is 0 Å². The summed E-state index contributed by atoms with van der Waals surface area (Å²) in [6, 6.07) is 5.90. The van der Waals surface area contributed by atoms with Crippen LogP contribution in [-0.2, 0) is 21.2 Å². The quantitative estimate of drug-likeness (QED) is 0.719. The first-order valence-corrected chi connectivity index (χ1v) is 4.70. The largest absolute Gasteiger partial charge is 0.326 e. The molecule has 0 saturated heterocycles. The molecular weight excluding hydrogens is 178 g/mol. The van der Waals surface area contributed by atoms with E-state index in [1.807, 2.05) is 0 Å². The van der Waals surface area contributed by atoms with Gasteiger partial charge in [-0.2, -0.15) is 8.42 Å². The summed E-state index contributed by atoms with van der Waals surface area (Å²) in [6.07, 6.45) is 0. The first-order chi connectivity index (χ1) is 5.55. The van der Waals surface area contributed by atoms with E-state index in [2.05, 4.69) is 0 Å². The molecule has 1 rings (SSSR count). The average molecular weight is 186 g/mol. The minimum Gasteiger partial charge on any atom is -0.326 e. The standard InChI is InChI=1S/C7H8NO3S/c8-5-6-3-1-2-4-7(6)12(9,10)11/h1-4H,5,8H2. The molecular formula is C7H8NO3S. The molecule has 1 radical (unpaired) electrons. The molecule has 2 N–H and O–H groups in total. The second-order valence-electron chi connectivity index (χ2n) is 2.27. The van der Waals surface area contributed by atoms with Gasteiger partial charge in [-0.25, -0.2) is 0 Å². The van der Waals surface area contributed by atoms with Crippen LogP contribution in [0.25, 0.3) is 0 Å². The molecule has 0 aromatic heterocycles. The lowest BCUT2D eigenvalue weighted by molar-refractivity contribution is 0.413. The summed E-state index contributed by atoms with van der Waals surface area (Å²) in [7, 11) is -4.38. The van der Waals surface area contributed by atoms with Gasteiger partial charge in [-0.3, -0.25) is 0 Å². The van der Waals surface area contributed by atoms with Crippen LogP contribution in [0.2, 0.25) is 0 Å². The van der Waals surface area contributed by atoms with E-state index in [1.54, 1.807) is 6.07 Å². The predicted octanol–water partition coefficient (Wildman–Crippen LogP) is 0.265. The smallest absolute Gasteiger partial charge is 0.324 e. The molecule has 1 aromatic carbocycles. The first-order valence-electron chi connectivity index (χ1n) is 3.29. The maximum Gasteiger partial charge on any atom is 0.324 e. The zero-order valence-electron chi connectivity index (χ0n) is 6.23. The van der Waals surface area contributed by atoms with E-state index in [0.29, 0.717) is 5.56 Å². The van der Waals surface area contributed by atoms with Crippen LogP contribution in [0.3, 0.4) is 0 Å². The third-order valence-electron chi connectivity index (χ3n) is 1.46. The van der Waals surface area contributed by atoms with E-state index < -0.39 is 10.1 Å². The Kier molecular flexibility index (Phi) is 2.46. The monoisotopic (exact) mass is 186 g/mol. The maximum absolute atomic E-state index is 10.6. The van der Waals surface area contributed by atoms with Gasteiger partial charge in [0.25, 0.3) is 0 Å². The third kappa shape index (κ3) is 1.82. The van der Waals surface area contributed by atoms with Gasteiger partial charge in [0.05, 0.1) is 0 Å². The second-order valence-corrected chi connectivity index (χ2v) is 3.61.